The second kappa shape index (κ2) is 20.3. The van der Waals surface area contributed by atoms with Gasteiger partial charge in [-0.05, 0) is 67.6 Å². The van der Waals surface area contributed by atoms with Crippen LogP contribution >= 0.6 is 0 Å². The Bertz CT molecular complexity index is 1560. The Kier molecular flexibility index (Phi) is 15.2. The minimum atomic E-state index is -0.960. The van der Waals surface area contributed by atoms with Crippen LogP contribution in [0.4, 0.5) is 0 Å². The summed E-state index contributed by atoms with van der Waals surface area (Å²) in [6.07, 6.45) is 3.93. The molecule has 5 amide bonds. The van der Waals surface area contributed by atoms with Gasteiger partial charge in [0.1, 0.15) is 30.1 Å². The zero-order valence-corrected chi connectivity index (χ0v) is 28.3. The number of hydrogen-bond donors (Lipinski definition) is 5. The van der Waals surface area contributed by atoms with Crippen molar-refractivity contribution in [3.8, 4) is 5.75 Å². The Morgan fingerprint density at radius 3 is 2.44 bits per heavy atom. The largest absolute Gasteiger partial charge is 0.492 e. The van der Waals surface area contributed by atoms with Gasteiger partial charge in [0.25, 0.3) is 5.91 Å². The first-order chi connectivity index (χ1) is 24.3. The number of nitrogens with one attached hydrogen (secondary N) is 4. The summed E-state index contributed by atoms with van der Waals surface area (Å²) in [5, 5.41) is 11.4. The van der Waals surface area contributed by atoms with E-state index in [0.717, 1.165) is 5.56 Å². The third kappa shape index (κ3) is 12.6. The molecule has 13 heteroatoms. The summed E-state index contributed by atoms with van der Waals surface area (Å²) in [6.45, 7) is 1.44. The van der Waals surface area contributed by atoms with Gasteiger partial charge in [0.15, 0.2) is 0 Å². The fourth-order valence-electron chi connectivity index (χ4n) is 5.55. The molecule has 2 heterocycles. The number of hydrogen-bond acceptors (Lipinski definition) is 8. The third-order valence-corrected chi connectivity index (χ3v) is 8.15. The summed E-state index contributed by atoms with van der Waals surface area (Å²) in [4.78, 5) is 72.2. The Labute approximate surface area is 292 Å². The van der Waals surface area contributed by atoms with Crippen LogP contribution in [0.25, 0.3) is 0 Å². The SMILES string of the molecule is NCCCC[C@@H]1NC(=O)Cc2cccc(c2)OCCNC(=O)CCCN(C(=O)c2ccccn2)CCNC(=O)[C@@H](Cc2ccccc2)NC1=O. The highest BCUT2D eigenvalue weighted by Crippen LogP contribution is 2.14. The summed E-state index contributed by atoms with van der Waals surface area (Å²) in [7, 11) is 0. The topological polar surface area (TPSA) is 185 Å². The number of carbonyl (C=O) groups is 5. The van der Waals surface area contributed by atoms with Crippen molar-refractivity contribution < 1.29 is 28.7 Å². The molecular formula is C37H47N7O6. The van der Waals surface area contributed by atoms with E-state index in [0.29, 0.717) is 43.5 Å². The molecule has 1 aliphatic heterocycles. The number of amides is 5. The van der Waals surface area contributed by atoms with E-state index in [-0.39, 0.29) is 75.5 Å². The van der Waals surface area contributed by atoms with E-state index in [4.69, 9.17) is 10.5 Å². The van der Waals surface area contributed by atoms with Crippen LogP contribution in [0, 0.1) is 0 Å². The predicted octanol–water partition coefficient (Wildman–Crippen LogP) is 1.51. The molecule has 0 radical (unpaired) electrons. The number of nitrogens with two attached hydrogens (primary N) is 1. The van der Waals surface area contributed by atoms with Crippen LogP contribution in [0.15, 0.2) is 79.0 Å². The number of fused-ring (bicyclic) bond motifs is 2. The number of pyridine rings is 1. The molecule has 0 saturated carbocycles. The van der Waals surface area contributed by atoms with Crippen molar-refractivity contribution in [3.05, 3.63) is 95.8 Å². The van der Waals surface area contributed by atoms with E-state index in [1.165, 1.54) is 6.20 Å². The Hall–Kier alpha value is -5.30. The van der Waals surface area contributed by atoms with E-state index in [2.05, 4.69) is 26.3 Å². The van der Waals surface area contributed by atoms with Crippen molar-refractivity contribution in [2.24, 2.45) is 5.73 Å². The average Bonchev–Trinajstić information content (AvgIpc) is 3.12. The lowest BCUT2D eigenvalue weighted by atomic mass is 10.0. The first-order valence-corrected chi connectivity index (χ1v) is 17.1. The van der Waals surface area contributed by atoms with Crippen molar-refractivity contribution in [2.45, 2.75) is 57.0 Å². The number of carbonyl (C=O) groups excluding carboxylic acids is 5. The molecule has 4 rings (SSSR count). The molecule has 13 nitrogen and oxygen atoms in total. The molecule has 2 atom stereocenters. The monoisotopic (exact) mass is 685 g/mol. The molecule has 266 valence electrons. The zero-order valence-electron chi connectivity index (χ0n) is 28.3. The van der Waals surface area contributed by atoms with Crippen molar-refractivity contribution >= 4 is 29.5 Å². The standard InChI is InChI=1S/C37H47N7O6/c38-17-6-4-14-30-36(48)43-32(25-27-10-2-1-3-11-27)35(47)41-19-22-44(37(49)31-15-5-7-18-39-31)21-9-16-33(45)40-20-23-50-29-13-8-12-28(24-29)26-34(46)42-30/h1-3,5,7-8,10-13,15,18,24,30,32H,4,6,9,14,16-17,19-23,25-26,38H2,(H,40,45)(H,41,47)(H,42,46)(H,43,48)/t30-,32+/m0/s1. The van der Waals surface area contributed by atoms with Gasteiger partial charge in [-0.25, -0.2) is 0 Å². The maximum atomic E-state index is 13.7. The van der Waals surface area contributed by atoms with Crippen LogP contribution in [-0.2, 0) is 32.0 Å². The minimum absolute atomic E-state index is 0.0102. The lowest BCUT2D eigenvalue weighted by molar-refractivity contribution is -0.132. The predicted molar refractivity (Wildman–Crippen MR) is 188 cm³/mol. The quantitative estimate of drug-likeness (QED) is 0.232. The summed E-state index contributed by atoms with van der Waals surface area (Å²) in [6, 6.07) is 19.6. The van der Waals surface area contributed by atoms with Crippen LogP contribution in [0.2, 0.25) is 0 Å². The van der Waals surface area contributed by atoms with Crippen molar-refractivity contribution in [2.75, 3.05) is 39.3 Å². The minimum Gasteiger partial charge on any atom is -0.492 e. The van der Waals surface area contributed by atoms with Crippen molar-refractivity contribution in [1.29, 1.82) is 0 Å². The number of rotatable bonds is 7. The van der Waals surface area contributed by atoms with Gasteiger partial charge in [0.05, 0.1) is 13.0 Å². The Balaban J connectivity index is 1.56. The maximum absolute atomic E-state index is 13.7. The number of aromatic nitrogens is 1. The number of unbranched alkanes of at least 4 members (excludes halogenated alkanes) is 1. The molecule has 0 aliphatic carbocycles. The van der Waals surface area contributed by atoms with Crippen LogP contribution in [0.3, 0.4) is 0 Å². The Morgan fingerprint density at radius 2 is 1.66 bits per heavy atom. The molecule has 0 unspecified atom stereocenters. The van der Waals surface area contributed by atoms with Crippen LogP contribution in [-0.4, -0.2) is 90.8 Å². The van der Waals surface area contributed by atoms with E-state index in [1.807, 2.05) is 30.3 Å². The summed E-state index contributed by atoms with van der Waals surface area (Å²) >= 11 is 0. The lowest BCUT2D eigenvalue weighted by Gasteiger charge is -2.25. The number of nitrogens with zero attached hydrogens (tertiary/aromatic N) is 2. The molecule has 0 saturated heterocycles. The highest BCUT2D eigenvalue weighted by molar-refractivity contribution is 5.93. The van der Waals surface area contributed by atoms with E-state index >= 15 is 0 Å². The molecule has 50 heavy (non-hydrogen) atoms. The van der Waals surface area contributed by atoms with Crippen molar-refractivity contribution in [3.63, 3.8) is 0 Å². The second-order valence-corrected chi connectivity index (χ2v) is 12.1. The summed E-state index contributed by atoms with van der Waals surface area (Å²) in [5.74, 6) is -1.25. The molecule has 0 spiro atoms. The van der Waals surface area contributed by atoms with Gasteiger partial charge >= 0.3 is 0 Å². The number of benzene rings is 2. The van der Waals surface area contributed by atoms with Gasteiger partial charge in [-0.15, -0.1) is 0 Å². The van der Waals surface area contributed by atoms with Gasteiger partial charge in [-0.1, -0.05) is 48.5 Å². The van der Waals surface area contributed by atoms with Gasteiger partial charge in [-0.2, -0.15) is 0 Å². The molecule has 6 N–H and O–H groups in total. The van der Waals surface area contributed by atoms with Gasteiger partial charge < -0.3 is 36.6 Å². The molecule has 1 aromatic heterocycles. The normalized spacial score (nSPS) is 18.9. The molecular weight excluding hydrogens is 638 g/mol. The smallest absolute Gasteiger partial charge is 0.272 e. The molecule has 2 aromatic carbocycles. The molecule has 3 aromatic rings. The summed E-state index contributed by atoms with van der Waals surface area (Å²) < 4.78 is 5.81. The van der Waals surface area contributed by atoms with Crippen LogP contribution in [0.5, 0.6) is 5.75 Å². The highest BCUT2D eigenvalue weighted by Gasteiger charge is 2.27. The van der Waals surface area contributed by atoms with E-state index in [1.54, 1.807) is 47.4 Å². The van der Waals surface area contributed by atoms with Crippen molar-refractivity contribution in [1.82, 2.24) is 31.2 Å². The highest BCUT2D eigenvalue weighted by atomic mass is 16.5. The average molecular weight is 686 g/mol. The molecule has 1 aliphatic rings. The van der Waals surface area contributed by atoms with Gasteiger partial charge in [0, 0.05) is 38.7 Å². The fraction of sp³-hybridized carbons (Fsp3) is 0.405. The Morgan fingerprint density at radius 1 is 0.840 bits per heavy atom. The second-order valence-electron chi connectivity index (χ2n) is 12.1. The number of ether oxygens (including phenoxy) is 1. The zero-order chi connectivity index (χ0) is 35.6. The van der Waals surface area contributed by atoms with Gasteiger partial charge in [0.2, 0.25) is 23.6 Å². The van der Waals surface area contributed by atoms with Crippen LogP contribution in [0.1, 0.15) is 53.7 Å². The maximum Gasteiger partial charge on any atom is 0.272 e. The first-order valence-electron chi connectivity index (χ1n) is 17.1. The van der Waals surface area contributed by atoms with Crippen LogP contribution < -0.4 is 31.7 Å². The third-order valence-electron chi connectivity index (χ3n) is 8.15. The van der Waals surface area contributed by atoms with E-state index in [9.17, 15) is 24.0 Å². The van der Waals surface area contributed by atoms with Gasteiger partial charge in [-0.3, -0.25) is 29.0 Å². The molecule has 2 bridgehead atoms. The van der Waals surface area contributed by atoms with E-state index < -0.39 is 23.9 Å². The first kappa shape index (κ1) is 37.5. The lowest BCUT2D eigenvalue weighted by Crippen LogP contribution is -2.55. The molecule has 0 fully saturated rings. The summed E-state index contributed by atoms with van der Waals surface area (Å²) in [5.41, 5.74) is 7.48. The fourth-order valence-corrected chi connectivity index (χ4v) is 5.55.